The molecule has 1 aliphatic carbocycles. The molecule has 0 radical (unpaired) electrons. The molecular formula is C65H92N12O20S2. The lowest BCUT2D eigenvalue weighted by atomic mass is 9.75. The number of fused-ring (bicyclic) bond motifs is 2. The number of rotatable bonds is 19. The summed E-state index contributed by atoms with van der Waals surface area (Å²) in [6.07, 6.45) is -8.08. The Labute approximate surface area is 577 Å². The van der Waals surface area contributed by atoms with E-state index in [0.717, 1.165) is 66.3 Å². The van der Waals surface area contributed by atoms with Crippen LogP contribution >= 0.6 is 22.5 Å². The molecule has 0 bridgehead atoms. The molecule has 9 rings (SSSR count). The lowest BCUT2D eigenvalue weighted by molar-refractivity contribution is -0.147. The van der Waals surface area contributed by atoms with Gasteiger partial charge in [-0.25, -0.2) is 0 Å². The van der Waals surface area contributed by atoms with Gasteiger partial charge < -0.3 is 96.7 Å². The molecule has 544 valence electrons. The van der Waals surface area contributed by atoms with E-state index in [9.17, 15) is 93.2 Å². The number of hydrogen-bond acceptors (Lipinski definition) is 26. The fourth-order valence-electron chi connectivity index (χ4n) is 13.3. The summed E-state index contributed by atoms with van der Waals surface area (Å²) in [7, 11) is 0. The van der Waals surface area contributed by atoms with Gasteiger partial charge in [0.25, 0.3) is 17.1 Å². The third-order valence-corrected chi connectivity index (χ3v) is 20.6. The number of anilines is 1. The largest absolute Gasteiger partial charge is 0.504 e. The minimum absolute atomic E-state index is 0.0113. The number of carbonyl (C=O) groups is 7. The number of aromatic hydroxyl groups is 1. The summed E-state index contributed by atoms with van der Waals surface area (Å²) in [4.78, 5) is 109. The monoisotopic (exact) mass is 1420 g/mol. The van der Waals surface area contributed by atoms with E-state index in [1.807, 2.05) is 12.1 Å². The average molecular weight is 1430 g/mol. The van der Waals surface area contributed by atoms with Gasteiger partial charge in [-0.15, -0.1) is 10.2 Å². The number of aliphatic hydroxyl groups is 8. The molecule has 99 heavy (non-hydrogen) atoms. The summed E-state index contributed by atoms with van der Waals surface area (Å²) < 4.78 is 33.4. The highest BCUT2D eigenvalue weighted by Crippen LogP contribution is 2.41. The van der Waals surface area contributed by atoms with Crippen molar-refractivity contribution in [1.29, 1.82) is 0 Å². The molecule has 0 unspecified atom stereocenters. The summed E-state index contributed by atoms with van der Waals surface area (Å²) in [6.45, 7) is 8.16. The first kappa shape index (κ1) is 75.9. The Kier molecular flexibility index (Phi) is 25.3. The zero-order valence-corrected chi connectivity index (χ0v) is 57.0. The summed E-state index contributed by atoms with van der Waals surface area (Å²) in [5.41, 5.74) is 2.95. The Morgan fingerprint density at radius 1 is 0.737 bits per heavy atom. The van der Waals surface area contributed by atoms with Crippen molar-refractivity contribution in [1.82, 2.24) is 56.8 Å². The molecule has 34 heteroatoms. The van der Waals surface area contributed by atoms with E-state index >= 15 is 0 Å². The normalized spacial score (nSPS) is 27.1. The molecular weight excluding hydrogens is 1330 g/mol. The summed E-state index contributed by atoms with van der Waals surface area (Å²) in [6, 6.07) is 5.48. The average Bonchev–Trinajstić information content (AvgIpc) is 1.66. The van der Waals surface area contributed by atoms with Gasteiger partial charge in [0, 0.05) is 99.4 Å². The predicted octanol–water partition coefficient (Wildman–Crippen LogP) is -1.53. The van der Waals surface area contributed by atoms with Crippen molar-refractivity contribution < 1.29 is 97.4 Å². The number of β-amino-alcohol motifs (C(OH)–C–C–N with tert-alkyl or cyclic N) is 1. The van der Waals surface area contributed by atoms with Crippen LogP contribution in [0.2, 0.25) is 0 Å². The number of aromatic nitrogens is 2. The zero-order chi connectivity index (χ0) is 71.8. The van der Waals surface area contributed by atoms with Gasteiger partial charge in [0.2, 0.25) is 35.4 Å². The lowest BCUT2D eigenvalue weighted by Gasteiger charge is -2.44. The van der Waals surface area contributed by atoms with Crippen molar-refractivity contribution in [2.45, 2.75) is 164 Å². The van der Waals surface area contributed by atoms with Crippen molar-refractivity contribution in [3.05, 3.63) is 77.9 Å². The van der Waals surface area contributed by atoms with Crippen LogP contribution in [0.15, 0.2) is 66.7 Å². The van der Waals surface area contributed by atoms with Crippen LogP contribution < -0.4 is 41.0 Å². The van der Waals surface area contributed by atoms with E-state index in [1.165, 1.54) is 62.1 Å². The number of nitrogens with one attached hydrogen (secondary N) is 6. The Morgan fingerprint density at radius 3 is 1.96 bits per heavy atom. The summed E-state index contributed by atoms with van der Waals surface area (Å²) >= 11 is -3.41. The number of carbonyl (C=O) groups excluding carboxylic acids is 7. The van der Waals surface area contributed by atoms with Gasteiger partial charge in [-0.05, 0) is 105 Å². The van der Waals surface area contributed by atoms with Crippen LogP contribution in [0, 0.1) is 11.3 Å². The third kappa shape index (κ3) is 19.2. The lowest BCUT2D eigenvalue weighted by Crippen LogP contribution is -2.64. The molecule has 3 aromatic carbocycles. The minimum atomic E-state index is -4.74. The first-order valence-electron chi connectivity index (χ1n) is 33.1. The van der Waals surface area contributed by atoms with E-state index in [0.29, 0.717) is 27.0 Å². The van der Waals surface area contributed by atoms with Crippen LogP contribution in [0.5, 0.6) is 11.5 Å². The fourth-order valence-corrected chi connectivity index (χ4v) is 14.5. The molecule has 1 aromatic heterocycles. The maximum atomic E-state index is 15.0. The molecule has 13 atom stereocenters. The van der Waals surface area contributed by atoms with Crippen LogP contribution in [-0.4, -0.2) is 276 Å². The molecule has 4 aliphatic heterocycles. The van der Waals surface area contributed by atoms with E-state index in [1.54, 1.807) is 12.1 Å². The number of aliphatic hydroxyl groups excluding tert-OH is 8. The van der Waals surface area contributed by atoms with E-state index in [-0.39, 0.29) is 24.2 Å². The van der Waals surface area contributed by atoms with Crippen LogP contribution in [0.25, 0.3) is 21.1 Å². The van der Waals surface area contributed by atoms with Gasteiger partial charge in [0.15, 0.2) is 11.5 Å². The Bertz CT molecular complexity index is 3460. The zero-order valence-electron chi connectivity index (χ0n) is 55.4. The number of phenols is 1. The highest BCUT2D eigenvalue weighted by Gasteiger charge is 2.50. The molecule has 4 aromatic rings. The molecule has 5 heterocycles. The smallest absolute Gasteiger partial charge is 0.266 e. The Balaban J connectivity index is 0.963. The van der Waals surface area contributed by atoms with Crippen LogP contribution in [-0.2, 0) is 35.2 Å². The topological polar surface area (TPSA) is 482 Å². The SMILES string of the molecule is C[C@@H](O)[C@@H]1NC(=O)[C@@H](NC(=O)c2ccc(-c3nnc(-c4ccc(N5CCN(C6CCC(C)(C)CC6)CC5)cc4)s3)cc2)C[C@@H](O)CNC(=O)[C@@H]2[C@@H](O)[C@@H](C)CN2C(=O)[C@H]([C@H](O)CCNC(CO)CO)NC(=O)[C@H]([C@H](O)Cc2ccc(O)c(OS(O)(O)O)c2)NC(=O)[C@@H]2C[C@@H](O)CN2C1=O. The number of benzene rings is 3. The van der Waals surface area contributed by atoms with Crippen molar-refractivity contribution in [2.24, 2.45) is 11.3 Å². The quantitative estimate of drug-likeness (QED) is 0.0506. The molecule has 5 fully saturated rings. The number of amides is 7. The van der Waals surface area contributed by atoms with E-state index in [2.05, 4.69) is 82.1 Å². The second kappa shape index (κ2) is 33.0. The van der Waals surface area contributed by atoms with Crippen LogP contribution in [0.1, 0.15) is 88.6 Å². The third-order valence-electron chi connectivity index (χ3n) is 19.2. The van der Waals surface area contributed by atoms with E-state index in [4.69, 9.17) is 0 Å². The molecule has 1 saturated carbocycles. The van der Waals surface area contributed by atoms with Crippen LogP contribution in [0.3, 0.4) is 0 Å². The van der Waals surface area contributed by atoms with Gasteiger partial charge >= 0.3 is 0 Å². The second-order valence-corrected chi connectivity index (χ2v) is 29.2. The highest BCUT2D eigenvalue weighted by atomic mass is 32.3. The highest BCUT2D eigenvalue weighted by molar-refractivity contribution is 8.15. The van der Waals surface area contributed by atoms with Crippen molar-refractivity contribution in [3.63, 3.8) is 0 Å². The number of hydrogen-bond donors (Lipinski definition) is 18. The van der Waals surface area contributed by atoms with Crippen molar-refractivity contribution >= 4 is 69.5 Å². The fraction of sp³-hybridized carbons (Fsp3) is 0.585. The number of phenolic OH excluding ortho intramolecular Hbond substituents is 1. The maximum Gasteiger partial charge on any atom is 0.266 e. The minimum Gasteiger partial charge on any atom is -0.504 e. The number of piperazine rings is 1. The molecule has 5 aliphatic rings. The first-order chi connectivity index (χ1) is 46.9. The van der Waals surface area contributed by atoms with Gasteiger partial charge in [0.05, 0.1) is 55.9 Å². The maximum absolute atomic E-state index is 15.0. The van der Waals surface area contributed by atoms with Crippen LogP contribution in [0.4, 0.5) is 5.69 Å². The van der Waals surface area contributed by atoms with Crippen molar-refractivity contribution in [3.8, 4) is 32.6 Å². The molecule has 18 N–H and O–H groups in total. The van der Waals surface area contributed by atoms with Crippen molar-refractivity contribution in [2.75, 3.05) is 70.5 Å². The summed E-state index contributed by atoms with van der Waals surface area (Å²) in [5.74, 6) is -10.5. The van der Waals surface area contributed by atoms with Gasteiger partial charge in [0.1, 0.15) is 46.3 Å². The Morgan fingerprint density at radius 2 is 1.34 bits per heavy atom. The van der Waals surface area contributed by atoms with Gasteiger partial charge in [-0.2, -0.15) is 0 Å². The molecule has 7 amide bonds. The first-order valence-corrected chi connectivity index (χ1v) is 35.3. The molecule has 32 nitrogen and oxygen atoms in total. The second-order valence-electron chi connectivity index (χ2n) is 27.1. The Hall–Kier alpha value is -7.26. The molecule has 0 spiro atoms. The van der Waals surface area contributed by atoms with E-state index < -0.39 is 201 Å². The van der Waals surface area contributed by atoms with Gasteiger partial charge in [-0.1, -0.05) is 50.3 Å². The van der Waals surface area contributed by atoms with Gasteiger partial charge in [-0.3, -0.25) is 52.1 Å². The summed E-state index contributed by atoms with van der Waals surface area (Å²) in [5, 5.41) is 124. The standard InChI is InChI=1S/C65H92N12O20S2/c1-34-30-77-54(55(34)86)60(91)67-29-43(81)27-45(68-56(87)37-6-8-38(9-7-37)61-72-73-62(98-61)39-10-12-41(13-11-39)74-21-23-75(24-22-74)42-15-18-65(3,4)19-16-42)57(88)69-51(35(2)80)63(92)76-31-44(82)28-46(76)58(89)70-52(49(85)25-36-5-14-47(83)50(26-36)97-99(94,95)96)59(90)71-53(64(77)93)48(84)17-20-66-40(32-78)33-79/h5-14,26,34-35,40,42-46,48-49,51-55,66,78-86,94-96H,15-25,27-33H2,1-4H3,(H,67,91)(H,68,87)(H,69,88)(H,70,89)(H,71,90)/t34-,35+,43+,44+,45-,46-,48+,49+,51-,52-,53-,54-,55-/m0/s1. The predicted molar refractivity (Wildman–Crippen MR) is 360 cm³/mol. The number of nitrogens with zero attached hydrogens (tertiary/aromatic N) is 6. The molecule has 4 saturated heterocycles.